The Hall–Kier alpha value is -2.93. The number of carboxylic acid groups (broad SMARTS) is 1. The lowest BCUT2D eigenvalue weighted by Gasteiger charge is -2.44. The summed E-state index contributed by atoms with van der Waals surface area (Å²) in [7, 11) is 0. The standard InChI is InChI=1S/C19H25N7O2S/c1-11-22-15(8-16(23-11)25-17-21-10-13(9-20)29-17)24-12-5-6-26(18(27)28)14(7-12)19(2,3)4/h8,10,12,14H,5-7H2,1-4H3,(H,27,28)(H2,21,22,23,24,25). The summed E-state index contributed by atoms with van der Waals surface area (Å²) in [6.45, 7) is 8.49. The number of aryl methyl sites for hydroxylation is 1. The average Bonchev–Trinajstić information content (AvgIpc) is 3.07. The van der Waals surface area contributed by atoms with Gasteiger partial charge in [0.05, 0.1) is 6.20 Å². The molecule has 154 valence electrons. The topological polar surface area (TPSA) is 127 Å². The number of rotatable bonds is 4. The predicted octanol–water partition coefficient (Wildman–Crippen LogP) is 3.83. The number of likely N-dealkylation sites (tertiary alicyclic amines) is 1. The Kier molecular flexibility index (Phi) is 5.88. The van der Waals surface area contributed by atoms with E-state index in [-0.39, 0.29) is 17.5 Å². The van der Waals surface area contributed by atoms with Crippen LogP contribution in [0.1, 0.15) is 44.3 Å². The monoisotopic (exact) mass is 415 g/mol. The van der Waals surface area contributed by atoms with Crippen LogP contribution < -0.4 is 10.6 Å². The van der Waals surface area contributed by atoms with Crippen molar-refractivity contribution in [1.29, 1.82) is 5.26 Å². The Balaban J connectivity index is 1.73. The zero-order valence-electron chi connectivity index (χ0n) is 16.9. The highest BCUT2D eigenvalue weighted by molar-refractivity contribution is 7.16. The summed E-state index contributed by atoms with van der Waals surface area (Å²) in [6.07, 6.45) is 2.07. The number of anilines is 3. The summed E-state index contributed by atoms with van der Waals surface area (Å²) in [5.41, 5.74) is -0.156. The van der Waals surface area contributed by atoms with Gasteiger partial charge in [-0.15, -0.1) is 0 Å². The average molecular weight is 416 g/mol. The molecule has 1 aliphatic heterocycles. The van der Waals surface area contributed by atoms with Gasteiger partial charge in [-0.2, -0.15) is 5.26 Å². The maximum atomic E-state index is 11.6. The van der Waals surface area contributed by atoms with Crippen LogP contribution in [0.2, 0.25) is 0 Å². The molecule has 0 bridgehead atoms. The molecule has 0 radical (unpaired) electrons. The summed E-state index contributed by atoms with van der Waals surface area (Å²) in [6, 6.07) is 3.90. The van der Waals surface area contributed by atoms with Gasteiger partial charge in [0.2, 0.25) is 0 Å². The maximum absolute atomic E-state index is 11.6. The van der Waals surface area contributed by atoms with E-state index in [9.17, 15) is 9.90 Å². The lowest BCUT2D eigenvalue weighted by Crippen LogP contribution is -2.54. The number of hydrogen-bond acceptors (Lipinski definition) is 8. The molecule has 2 aromatic heterocycles. The van der Waals surface area contributed by atoms with E-state index in [0.29, 0.717) is 46.9 Å². The fourth-order valence-corrected chi connectivity index (χ4v) is 4.17. The molecule has 1 saturated heterocycles. The normalized spacial score (nSPS) is 19.5. The van der Waals surface area contributed by atoms with E-state index in [1.807, 2.05) is 6.92 Å². The minimum absolute atomic E-state index is 0.0773. The quantitative estimate of drug-likeness (QED) is 0.687. The van der Waals surface area contributed by atoms with Gasteiger partial charge in [0.1, 0.15) is 28.4 Å². The number of nitriles is 1. The predicted molar refractivity (Wildman–Crippen MR) is 111 cm³/mol. The highest BCUT2D eigenvalue weighted by atomic mass is 32.1. The Morgan fingerprint density at radius 2 is 2.10 bits per heavy atom. The fourth-order valence-electron chi connectivity index (χ4n) is 3.55. The second-order valence-electron chi connectivity index (χ2n) is 8.18. The second kappa shape index (κ2) is 8.21. The van der Waals surface area contributed by atoms with Crippen molar-refractivity contribution in [2.75, 3.05) is 17.2 Å². The SMILES string of the molecule is Cc1nc(Nc2ncc(C#N)s2)cc(NC2CCN(C(=O)O)C(C(C)(C)C)C2)n1. The van der Waals surface area contributed by atoms with Crippen LogP contribution in [0.4, 0.5) is 21.6 Å². The van der Waals surface area contributed by atoms with Crippen LogP contribution in [0.5, 0.6) is 0 Å². The van der Waals surface area contributed by atoms with Crippen LogP contribution in [0.15, 0.2) is 12.3 Å². The van der Waals surface area contributed by atoms with E-state index >= 15 is 0 Å². The molecule has 3 rings (SSSR count). The Labute approximate surface area is 173 Å². The molecule has 0 aromatic carbocycles. The first-order chi connectivity index (χ1) is 13.7. The number of amides is 1. The molecule has 2 unspecified atom stereocenters. The molecular formula is C19H25N7O2S. The molecule has 10 heteroatoms. The molecule has 0 spiro atoms. The smallest absolute Gasteiger partial charge is 0.407 e. The largest absolute Gasteiger partial charge is 0.465 e. The van der Waals surface area contributed by atoms with Gasteiger partial charge in [-0.25, -0.2) is 19.7 Å². The molecule has 1 aliphatic rings. The second-order valence-corrected chi connectivity index (χ2v) is 9.21. The summed E-state index contributed by atoms with van der Waals surface area (Å²) >= 11 is 1.26. The highest BCUT2D eigenvalue weighted by Gasteiger charge is 2.38. The van der Waals surface area contributed by atoms with Crippen LogP contribution in [0.3, 0.4) is 0 Å². The molecule has 2 aromatic rings. The number of nitrogens with zero attached hydrogens (tertiary/aromatic N) is 5. The highest BCUT2D eigenvalue weighted by Crippen LogP contribution is 2.33. The number of nitrogens with one attached hydrogen (secondary N) is 2. The van der Waals surface area contributed by atoms with Gasteiger partial charge in [0.25, 0.3) is 0 Å². The van der Waals surface area contributed by atoms with Crippen LogP contribution in [0.25, 0.3) is 0 Å². The molecule has 3 heterocycles. The van der Waals surface area contributed by atoms with E-state index in [0.717, 1.165) is 0 Å². The molecular weight excluding hydrogens is 390 g/mol. The molecule has 1 fully saturated rings. The minimum Gasteiger partial charge on any atom is -0.465 e. The zero-order valence-corrected chi connectivity index (χ0v) is 17.7. The molecule has 0 saturated carbocycles. The van der Waals surface area contributed by atoms with Crippen molar-refractivity contribution >= 4 is 34.2 Å². The third kappa shape index (κ3) is 5.12. The van der Waals surface area contributed by atoms with Crippen molar-refractivity contribution in [1.82, 2.24) is 19.9 Å². The lowest BCUT2D eigenvalue weighted by atomic mass is 9.79. The molecule has 0 aliphatic carbocycles. The molecule has 9 nitrogen and oxygen atoms in total. The van der Waals surface area contributed by atoms with Crippen LogP contribution >= 0.6 is 11.3 Å². The maximum Gasteiger partial charge on any atom is 0.407 e. The first-order valence-corrected chi connectivity index (χ1v) is 10.2. The number of aromatic nitrogens is 3. The Morgan fingerprint density at radius 1 is 1.38 bits per heavy atom. The minimum atomic E-state index is -0.868. The van der Waals surface area contributed by atoms with Crippen molar-refractivity contribution < 1.29 is 9.90 Å². The first-order valence-electron chi connectivity index (χ1n) is 9.40. The molecule has 3 N–H and O–H groups in total. The van der Waals surface area contributed by atoms with E-state index in [1.54, 1.807) is 11.0 Å². The van der Waals surface area contributed by atoms with Crippen LogP contribution in [-0.4, -0.2) is 49.7 Å². The third-order valence-corrected chi connectivity index (χ3v) is 5.71. The molecule has 29 heavy (non-hydrogen) atoms. The van der Waals surface area contributed by atoms with Crippen LogP contribution in [-0.2, 0) is 0 Å². The van der Waals surface area contributed by atoms with E-state index in [1.165, 1.54) is 17.5 Å². The van der Waals surface area contributed by atoms with Crippen molar-refractivity contribution in [3.05, 3.63) is 23.0 Å². The molecule has 2 atom stereocenters. The van der Waals surface area contributed by atoms with Crippen molar-refractivity contribution in [3.63, 3.8) is 0 Å². The Bertz CT molecular complexity index is 931. The Morgan fingerprint density at radius 3 is 2.72 bits per heavy atom. The van der Waals surface area contributed by atoms with Crippen molar-refractivity contribution in [2.45, 2.75) is 52.6 Å². The van der Waals surface area contributed by atoms with Gasteiger partial charge in [0, 0.05) is 24.7 Å². The summed E-state index contributed by atoms with van der Waals surface area (Å²) in [5.74, 6) is 1.87. The summed E-state index contributed by atoms with van der Waals surface area (Å²) < 4.78 is 0. The number of carbonyl (C=O) groups is 1. The van der Waals surface area contributed by atoms with Gasteiger partial charge >= 0.3 is 6.09 Å². The van der Waals surface area contributed by atoms with Gasteiger partial charge in [-0.05, 0) is 25.2 Å². The van der Waals surface area contributed by atoms with Crippen LogP contribution in [0, 0.1) is 23.7 Å². The van der Waals surface area contributed by atoms with Gasteiger partial charge in [-0.3, -0.25) is 0 Å². The van der Waals surface area contributed by atoms with Gasteiger partial charge < -0.3 is 20.6 Å². The van der Waals surface area contributed by atoms with E-state index < -0.39 is 6.09 Å². The fraction of sp³-hybridized carbons (Fsp3) is 0.526. The van der Waals surface area contributed by atoms with E-state index in [2.05, 4.69) is 52.4 Å². The van der Waals surface area contributed by atoms with E-state index in [4.69, 9.17) is 5.26 Å². The number of thiazole rings is 1. The number of piperidine rings is 1. The first kappa shape index (κ1) is 20.8. The van der Waals surface area contributed by atoms with Gasteiger partial charge in [0.15, 0.2) is 5.13 Å². The third-order valence-electron chi connectivity index (χ3n) is 4.89. The zero-order chi connectivity index (χ0) is 21.2. The lowest BCUT2D eigenvalue weighted by molar-refractivity contribution is 0.0557. The molecule has 1 amide bonds. The van der Waals surface area contributed by atoms with Crippen molar-refractivity contribution in [2.24, 2.45) is 5.41 Å². The summed E-state index contributed by atoms with van der Waals surface area (Å²) in [5, 5.41) is 25.6. The van der Waals surface area contributed by atoms with Gasteiger partial charge in [-0.1, -0.05) is 32.1 Å². The van der Waals surface area contributed by atoms with Crippen molar-refractivity contribution in [3.8, 4) is 6.07 Å². The number of hydrogen-bond donors (Lipinski definition) is 3. The summed E-state index contributed by atoms with van der Waals surface area (Å²) in [4.78, 5) is 26.7.